The van der Waals surface area contributed by atoms with E-state index in [1.165, 1.54) is 0 Å². The molecule has 0 aliphatic carbocycles. The van der Waals surface area contributed by atoms with Gasteiger partial charge in [-0.05, 0) is 49.1 Å². The number of carbonyl (C=O) groups is 1. The van der Waals surface area contributed by atoms with Crippen molar-refractivity contribution in [3.05, 3.63) is 53.1 Å². The number of fused-ring (bicyclic) bond motifs is 1. The van der Waals surface area contributed by atoms with Crippen molar-refractivity contribution in [1.82, 2.24) is 5.32 Å². The number of hydrogen-bond acceptors (Lipinski definition) is 4. The molecule has 1 heterocycles. The van der Waals surface area contributed by atoms with Gasteiger partial charge in [0.25, 0.3) is 0 Å². The van der Waals surface area contributed by atoms with Crippen LogP contribution in [0.1, 0.15) is 23.1 Å². The van der Waals surface area contributed by atoms with Crippen LogP contribution in [-0.4, -0.2) is 25.9 Å². The number of nitrogens with one attached hydrogen (secondary N) is 1. The summed E-state index contributed by atoms with van der Waals surface area (Å²) in [6.07, 6.45) is 1.10. The molecule has 0 bridgehead atoms. The normalized spacial score (nSPS) is 12.1. The summed E-state index contributed by atoms with van der Waals surface area (Å²) in [5.74, 6) is 2.43. The van der Waals surface area contributed by atoms with Crippen LogP contribution in [0.4, 0.5) is 0 Å². The molecule has 0 saturated carbocycles. The molecule has 0 aromatic heterocycles. The molecular formula is C20H23NO4. The van der Waals surface area contributed by atoms with Crippen LogP contribution >= 0.6 is 0 Å². The van der Waals surface area contributed by atoms with Crippen molar-refractivity contribution in [2.75, 3.05) is 19.9 Å². The van der Waals surface area contributed by atoms with Crippen LogP contribution in [0.15, 0.2) is 36.4 Å². The fraction of sp³-hybridized carbons (Fsp3) is 0.350. The molecule has 132 valence electrons. The van der Waals surface area contributed by atoms with Crippen molar-refractivity contribution >= 4 is 5.91 Å². The van der Waals surface area contributed by atoms with Gasteiger partial charge in [0.1, 0.15) is 12.4 Å². The van der Waals surface area contributed by atoms with Gasteiger partial charge in [-0.25, -0.2) is 0 Å². The Hall–Kier alpha value is -2.69. The summed E-state index contributed by atoms with van der Waals surface area (Å²) >= 11 is 0. The van der Waals surface area contributed by atoms with Gasteiger partial charge in [-0.3, -0.25) is 4.79 Å². The number of carbonyl (C=O) groups excluding carboxylic acids is 1. The van der Waals surface area contributed by atoms with Gasteiger partial charge in [-0.15, -0.1) is 0 Å². The maximum Gasteiger partial charge on any atom is 0.231 e. The second-order valence-corrected chi connectivity index (χ2v) is 6.11. The third-order valence-electron chi connectivity index (χ3n) is 4.16. The number of amides is 1. The molecule has 0 unspecified atom stereocenters. The lowest BCUT2D eigenvalue weighted by Crippen LogP contribution is -2.28. The molecule has 1 aliphatic rings. The van der Waals surface area contributed by atoms with Gasteiger partial charge in [0.2, 0.25) is 12.7 Å². The summed E-state index contributed by atoms with van der Waals surface area (Å²) < 4.78 is 16.4. The Labute approximate surface area is 147 Å². The molecule has 0 radical (unpaired) electrons. The number of ether oxygens (including phenoxy) is 3. The highest BCUT2D eigenvalue weighted by Crippen LogP contribution is 2.32. The van der Waals surface area contributed by atoms with Gasteiger partial charge in [-0.2, -0.15) is 0 Å². The monoisotopic (exact) mass is 341 g/mol. The lowest BCUT2D eigenvalue weighted by Gasteiger charge is -2.12. The third kappa shape index (κ3) is 4.44. The van der Waals surface area contributed by atoms with Gasteiger partial charge in [0, 0.05) is 6.42 Å². The molecule has 0 saturated heterocycles. The molecule has 25 heavy (non-hydrogen) atoms. The zero-order chi connectivity index (χ0) is 17.6. The zero-order valence-electron chi connectivity index (χ0n) is 14.6. The molecule has 5 heteroatoms. The molecule has 1 amide bonds. The lowest BCUT2D eigenvalue weighted by molar-refractivity contribution is -0.121. The molecule has 2 aromatic carbocycles. The fourth-order valence-electron chi connectivity index (χ4n) is 2.81. The zero-order valence-corrected chi connectivity index (χ0v) is 14.6. The van der Waals surface area contributed by atoms with Crippen molar-refractivity contribution in [3.63, 3.8) is 0 Å². The first-order valence-electron chi connectivity index (χ1n) is 8.48. The van der Waals surface area contributed by atoms with Crippen molar-refractivity contribution in [1.29, 1.82) is 0 Å². The van der Waals surface area contributed by atoms with E-state index >= 15 is 0 Å². The number of hydrogen-bond donors (Lipinski definition) is 1. The minimum Gasteiger partial charge on any atom is -0.491 e. The first-order valence-corrected chi connectivity index (χ1v) is 8.48. The first-order chi connectivity index (χ1) is 12.1. The summed E-state index contributed by atoms with van der Waals surface area (Å²) in [6, 6.07) is 11.8. The second-order valence-electron chi connectivity index (χ2n) is 6.11. The molecule has 0 fully saturated rings. The van der Waals surface area contributed by atoms with Crippen molar-refractivity contribution in [3.8, 4) is 17.2 Å². The minimum absolute atomic E-state index is 0.0165. The quantitative estimate of drug-likeness (QED) is 0.786. The van der Waals surface area contributed by atoms with E-state index in [-0.39, 0.29) is 12.7 Å². The SMILES string of the molecule is Cc1cccc(C)c1OCCNC(=O)CCc1ccc2c(c1)OCO2. The third-order valence-corrected chi connectivity index (χ3v) is 4.16. The van der Waals surface area contributed by atoms with Crippen LogP contribution < -0.4 is 19.5 Å². The predicted molar refractivity (Wildman–Crippen MR) is 95.3 cm³/mol. The fourth-order valence-corrected chi connectivity index (χ4v) is 2.81. The van der Waals surface area contributed by atoms with Gasteiger partial charge in [-0.1, -0.05) is 24.3 Å². The van der Waals surface area contributed by atoms with Gasteiger partial charge >= 0.3 is 0 Å². The molecule has 1 N–H and O–H groups in total. The van der Waals surface area contributed by atoms with Crippen LogP contribution in [0, 0.1) is 13.8 Å². The highest BCUT2D eigenvalue weighted by atomic mass is 16.7. The molecule has 1 aliphatic heterocycles. The van der Waals surface area contributed by atoms with E-state index in [4.69, 9.17) is 14.2 Å². The Morgan fingerprint density at radius 1 is 1.12 bits per heavy atom. The summed E-state index contributed by atoms with van der Waals surface area (Å²) in [7, 11) is 0. The van der Waals surface area contributed by atoms with E-state index in [1.54, 1.807) is 0 Å². The first kappa shape index (κ1) is 17.1. The molecule has 2 aromatic rings. The summed E-state index contributed by atoms with van der Waals surface area (Å²) in [6.45, 7) is 5.26. The standard InChI is InChI=1S/C20H23NO4/c1-14-4-3-5-15(2)20(14)23-11-10-21-19(22)9-7-16-6-8-17-18(12-16)25-13-24-17/h3-6,8,12H,7,9-11,13H2,1-2H3,(H,21,22). The molecule has 0 spiro atoms. The van der Waals surface area contributed by atoms with Crippen LogP contribution in [0.5, 0.6) is 17.2 Å². The summed E-state index contributed by atoms with van der Waals surface area (Å²) in [5.41, 5.74) is 3.27. The molecule has 5 nitrogen and oxygen atoms in total. The number of para-hydroxylation sites is 1. The summed E-state index contributed by atoms with van der Waals surface area (Å²) in [4.78, 5) is 12.0. The van der Waals surface area contributed by atoms with E-state index in [1.807, 2.05) is 50.2 Å². The Bertz CT molecular complexity index is 737. The highest BCUT2D eigenvalue weighted by Gasteiger charge is 2.13. The topological polar surface area (TPSA) is 56.8 Å². The Balaban J connectivity index is 1.38. The molecular weight excluding hydrogens is 318 g/mol. The minimum atomic E-state index is 0.0165. The Kier molecular flexibility index (Phi) is 5.43. The van der Waals surface area contributed by atoms with E-state index in [0.29, 0.717) is 26.0 Å². The average Bonchev–Trinajstić information content (AvgIpc) is 3.06. The van der Waals surface area contributed by atoms with E-state index in [9.17, 15) is 4.79 Å². The lowest BCUT2D eigenvalue weighted by atomic mass is 10.1. The van der Waals surface area contributed by atoms with Gasteiger partial charge < -0.3 is 19.5 Å². The largest absolute Gasteiger partial charge is 0.491 e. The van der Waals surface area contributed by atoms with Crippen molar-refractivity contribution in [2.45, 2.75) is 26.7 Å². The van der Waals surface area contributed by atoms with Gasteiger partial charge in [0.05, 0.1) is 6.54 Å². The maximum absolute atomic E-state index is 12.0. The van der Waals surface area contributed by atoms with Crippen molar-refractivity contribution < 1.29 is 19.0 Å². The molecule has 0 atom stereocenters. The molecule has 3 rings (SSSR count). The van der Waals surface area contributed by atoms with Crippen LogP contribution in [0.2, 0.25) is 0 Å². The van der Waals surface area contributed by atoms with Crippen LogP contribution in [0.25, 0.3) is 0 Å². The van der Waals surface area contributed by atoms with E-state index in [0.717, 1.165) is 33.9 Å². The maximum atomic E-state index is 12.0. The highest BCUT2D eigenvalue weighted by molar-refractivity contribution is 5.76. The second kappa shape index (κ2) is 7.92. The Morgan fingerprint density at radius 2 is 1.88 bits per heavy atom. The summed E-state index contributed by atoms with van der Waals surface area (Å²) in [5, 5.41) is 2.89. The van der Waals surface area contributed by atoms with Crippen LogP contribution in [-0.2, 0) is 11.2 Å². The number of aryl methyl sites for hydroxylation is 3. The predicted octanol–water partition coefficient (Wildman–Crippen LogP) is 3.16. The van der Waals surface area contributed by atoms with Crippen LogP contribution in [0.3, 0.4) is 0 Å². The van der Waals surface area contributed by atoms with E-state index in [2.05, 4.69) is 5.32 Å². The van der Waals surface area contributed by atoms with Gasteiger partial charge in [0.15, 0.2) is 11.5 Å². The van der Waals surface area contributed by atoms with E-state index < -0.39 is 0 Å². The number of benzene rings is 2. The van der Waals surface area contributed by atoms with Crippen molar-refractivity contribution in [2.24, 2.45) is 0 Å². The Morgan fingerprint density at radius 3 is 2.68 bits per heavy atom. The average molecular weight is 341 g/mol. The number of rotatable bonds is 7. The smallest absolute Gasteiger partial charge is 0.231 e.